The van der Waals surface area contributed by atoms with Crippen molar-refractivity contribution in [2.75, 3.05) is 0 Å². The molecular formula is C120H145N5O5. The van der Waals surface area contributed by atoms with Gasteiger partial charge in [0.1, 0.15) is 27.6 Å². The van der Waals surface area contributed by atoms with Crippen molar-refractivity contribution in [1.29, 1.82) is 0 Å². The quantitative estimate of drug-likeness (QED) is 0.145. The molecule has 0 saturated heterocycles. The Kier molecular flexibility index (Phi) is 30.7. The first-order chi connectivity index (χ1) is 60.8. The van der Waals surface area contributed by atoms with E-state index < -0.39 is 0 Å². The summed E-state index contributed by atoms with van der Waals surface area (Å²) in [5.74, 6) is 0.800. The van der Waals surface area contributed by atoms with Gasteiger partial charge in [-0.15, -0.1) is 0 Å². The molecule has 15 aromatic rings. The topological polar surface area (TPSA) is 130 Å². The normalized spacial score (nSPS) is 13.5. The third-order valence-electron chi connectivity index (χ3n) is 23.9. The molecule has 5 aliphatic rings. The number of oxazole rings is 5. The van der Waals surface area contributed by atoms with Crippen LogP contribution < -0.4 is 0 Å². The third-order valence-corrected chi connectivity index (χ3v) is 23.9. The Hall–Kier alpha value is -11.8. The highest BCUT2D eigenvalue weighted by Gasteiger charge is 2.28. The SMILES string of the molecule is CC(C)(C)C1=Cc2ccccc2C1.CC(C)(C)c1ccc2c(c1)C=CC2.CC(C)(C)c1ccc2c(c1)CC=C2.CC(C)(C)c1ccc2ncoc2c1.CC(C)(C)c1ccc2ocnc2c1.CC(C)(C)c1cccc2c1C=CC2.CC(C)(C)c1cccc2c1CC=C2.CC(C)(C)c1cccc2ncoc12.CC(C)(C)c1cccc2ocnc12.CC(C)(C)c1nc2ccccc2o1. The highest BCUT2D eigenvalue weighted by atomic mass is 16.4. The van der Waals surface area contributed by atoms with Gasteiger partial charge in [0.15, 0.2) is 53.5 Å². The van der Waals surface area contributed by atoms with Crippen molar-refractivity contribution >= 4 is 85.9 Å². The van der Waals surface area contributed by atoms with Gasteiger partial charge in [0.05, 0.1) is 0 Å². The van der Waals surface area contributed by atoms with E-state index in [2.05, 4.69) is 421 Å². The van der Waals surface area contributed by atoms with Gasteiger partial charge in [0.25, 0.3) is 0 Å². The molecule has 5 aromatic heterocycles. The van der Waals surface area contributed by atoms with Gasteiger partial charge in [0, 0.05) is 11.0 Å². The number of benzene rings is 10. The Morgan fingerprint density at radius 3 is 1.39 bits per heavy atom. The molecule has 20 rings (SSSR count). The van der Waals surface area contributed by atoms with Crippen molar-refractivity contribution in [2.24, 2.45) is 5.41 Å². The highest BCUT2D eigenvalue weighted by Crippen LogP contribution is 2.40. The largest absolute Gasteiger partial charge is 0.443 e. The molecule has 5 heterocycles. The molecule has 0 radical (unpaired) electrons. The molecule has 0 amide bonds. The maximum atomic E-state index is 5.62. The highest BCUT2D eigenvalue weighted by molar-refractivity contribution is 5.79. The van der Waals surface area contributed by atoms with Gasteiger partial charge < -0.3 is 22.1 Å². The van der Waals surface area contributed by atoms with Crippen LogP contribution >= 0.6 is 0 Å². The van der Waals surface area contributed by atoms with Gasteiger partial charge in [0.2, 0.25) is 5.89 Å². The minimum absolute atomic E-state index is 0.0149. The number of hydrogen-bond donors (Lipinski definition) is 0. The van der Waals surface area contributed by atoms with Crippen LogP contribution in [-0.2, 0) is 80.8 Å². The second-order valence-corrected chi connectivity index (χ2v) is 45.1. The van der Waals surface area contributed by atoms with Gasteiger partial charge >= 0.3 is 0 Å². The van der Waals surface area contributed by atoms with Gasteiger partial charge in [-0.2, -0.15) is 0 Å². The van der Waals surface area contributed by atoms with Crippen LogP contribution in [0.25, 0.3) is 85.9 Å². The molecule has 0 bridgehead atoms. The van der Waals surface area contributed by atoms with Crippen LogP contribution in [0, 0.1) is 5.41 Å². The van der Waals surface area contributed by atoms with Crippen LogP contribution in [0.3, 0.4) is 0 Å². The summed E-state index contributed by atoms with van der Waals surface area (Å²) < 4.78 is 26.6. The Morgan fingerprint density at radius 1 is 0.262 bits per heavy atom. The number of para-hydroxylation sites is 4. The molecule has 5 aliphatic carbocycles. The van der Waals surface area contributed by atoms with E-state index in [-0.39, 0.29) is 48.7 Å². The van der Waals surface area contributed by atoms with Crippen molar-refractivity contribution in [1.82, 2.24) is 24.9 Å². The minimum atomic E-state index is -0.0149. The van der Waals surface area contributed by atoms with Gasteiger partial charge in [-0.3, -0.25) is 0 Å². The van der Waals surface area contributed by atoms with Crippen LogP contribution in [0.4, 0.5) is 0 Å². The average molecular weight is 1740 g/mol. The maximum absolute atomic E-state index is 5.62. The summed E-state index contributed by atoms with van der Waals surface area (Å²) in [5.41, 5.74) is 37.9. The number of aromatic nitrogens is 5. The summed E-state index contributed by atoms with van der Waals surface area (Å²) in [6.07, 6.45) is 31.8. The molecule has 0 atom stereocenters. The first-order valence-electron chi connectivity index (χ1n) is 46.4. The molecule has 0 spiro atoms. The van der Waals surface area contributed by atoms with E-state index in [1.54, 1.807) is 5.57 Å². The lowest BCUT2D eigenvalue weighted by molar-refractivity contribution is 0.411. The number of allylic oxidation sites excluding steroid dienone is 5. The average Bonchev–Trinajstić information content (AvgIpc) is 1.62. The molecule has 10 nitrogen and oxygen atoms in total. The summed E-state index contributed by atoms with van der Waals surface area (Å²) in [6, 6.07) is 67.9. The van der Waals surface area contributed by atoms with Crippen molar-refractivity contribution in [3.63, 3.8) is 0 Å². The van der Waals surface area contributed by atoms with Crippen LogP contribution in [0.2, 0.25) is 0 Å². The van der Waals surface area contributed by atoms with E-state index in [9.17, 15) is 0 Å². The van der Waals surface area contributed by atoms with Crippen molar-refractivity contribution in [3.8, 4) is 0 Å². The van der Waals surface area contributed by atoms with Crippen molar-refractivity contribution in [2.45, 2.75) is 289 Å². The molecule has 10 heteroatoms. The minimum Gasteiger partial charge on any atom is -0.443 e. The zero-order valence-corrected chi connectivity index (χ0v) is 83.8. The molecule has 0 saturated carbocycles. The molecule has 0 unspecified atom stereocenters. The number of hydrogen-bond acceptors (Lipinski definition) is 10. The van der Waals surface area contributed by atoms with E-state index >= 15 is 0 Å². The third kappa shape index (κ3) is 26.3. The lowest BCUT2D eigenvalue weighted by Gasteiger charge is -2.22. The molecular weight excluding hydrogens is 1590 g/mol. The Balaban J connectivity index is 0.000000140. The predicted octanol–water partition coefficient (Wildman–Crippen LogP) is 33.5. The fourth-order valence-electron chi connectivity index (χ4n) is 15.9. The van der Waals surface area contributed by atoms with Crippen LogP contribution in [0.1, 0.15) is 314 Å². The number of fused-ring (bicyclic) bond motifs is 10. The first-order valence-corrected chi connectivity index (χ1v) is 46.4. The molecule has 130 heavy (non-hydrogen) atoms. The predicted molar refractivity (Wildman–Crippen MR) is 553 cm³/mol. The van der Waals surface area contributed by atoms with Gasteiger partial charge in [-0.1, -0.05) is 414 Å². The summed E-state index contributed by atoms with van der Waals surface area (Å²) in [6.45, 7) is 66.5. The Labute approximate surface area is 777 Å². The summed E-state index contributed by atoms with van der Waals surface area (Å²) in [5, 5.41) is 0. The second-order valence-electron chi connectivity index (χ2n) is 45.1. The van der Waals surface area contributed by atoms with Gasteiger partial charge in [-0.25, -0.2) is 24.9 Å². The number of rotatable bonds is 0. The van der Waals surface area contributed by atoms with E-state index in [1.165, 1.54) is 126 Å². The van der Waals surface area contributed by atoms with E-state index in [0.29, 0.717) is 5.41 Å². The number of nitrogens with zero attached hydrogens (tertiary/aromatic N) is 5. The fraction of sp³-hybridized carbons (Fsp3) is 0.375. The van der Waals surface area contributed by atoms with Gasteiger partial charge in [-0.05, 0) is 224 Å². The van der Waals surface area contributed by atoms with Crippen LogP contribution in [0.15, 0.2) is 272 Å². The first kappa shape index (κ1) is 98.8. The zero-order chi connectivity index (χ0) is 94.7. The molecule has 0 N–H and O–H groups in total. The molecule has 10 aromatic carbocycles. The zero-order valence-electron chi connectivity index (χ0n) is 83.8. The molecule has 680 valence electrons. The van der Waals surface area contributed by atoms with Crippen molar-refractivity contribution in [3.05, 3.63) is 356 Å². The van der Waals surface area contributed by atoms with E-state index in [0.717, 1.165) is 93.5 Å². The van der Waals surface area contributed by atoms with Crippen molar-refractivity contribution < 1.29 is 22.1 Å². The Morgan fingerprint density at radius 2 is 0.731 bits per heavy atom. The summed E-state index contributed by atoms with van der Waals surface area (Å²) in [4.78, 5) is 21.0. The monoisotopic (exact) mass is 1740 g/mol. The standard InChI is InChI=1S/5C13H16.5C11H13NO/c2*1-13(2,3)12-9-5-7-10-6-4-8-11(10)12;2*1-13(2,3)12-8-7-10-5-4-6-11(10)9-12;1-13(2,3)12-8-10-6-4-5-7-11(10)9-12;1-11(2,3)8-4-5-10-9(6-8)12-7-13-10;1-11(2,3)8-4-5-9-10(6-8)13-7-12-9;1-11(2,3)8-5-4-6-9-10(8)12-7-13-9;1-11(2,3)8-5-4-6-9-10(8)13-7-12-9;1-11(2,3)10-12-8-6-4-5-7-9(8)13-10/h4-5,7-9H,6H2,1-3H3;4-7,9H,8H2,1-3H3;4,6-9H,5H2,1-3H3;4-5,7-9H,6H2,1-3H3;4-8H,9H2,1-3H3;5*4-7H,1-3H3. The summed E-state index contributed by atoms with van der Waals surface area (Å²) >= 11 is 0. The smallest absolute Gasteiger partial charge is 0.200 e. The van der Waals surface area contributed by atoms with E-state index in [1.807, 2.05) is 60.7 Å². The molecule has 0 fully saturated rings. The Bertz CT molecular complexity index is 6270. The van der Waals surface area contributed by atoms with Crippen LogP contribution in [-0.4, -0.2) is 24.9 Å². The lowest BCUT2D eigenvalue weighted by atomic mass is 9.82. The molecule has 0 aliphatic heterocycles. The maximum Gasteiger partial charge on any atom is 0.200 e. The van der Waals surface area contributed by atoms with E-state index in [4.69, 9.17) is 22.1 Å². The second kappa shape index (κ2) is 40.3. The summed E-state index contributed by atoms with van der Waals surface area (Å²) in [7, 11) is 0. The lowest BCUT2D eigenvalue weighted by Crippen LogP contribution is -2.13. The fourth-order valence-corrected chi connectivity index (χ4v) is 15.9. The van der Waals surface area contributed by atoms with Crippen LogP contribution in [0.5, 0.6) is 0 Å².